The molecule has 2 aromatic heterocycles. The van der Waals surface area contributed by atoms with E-state index in [9.17, 15) is 4.79 Å². The van der Waals surface area contributed by atoms with Crippen LogP contribution in [0.5, 0.6) is 0 Å². The minimum atomic E-state index is -0.00281. The van der Waals surface area contributed by atoms with Gasteiger partial charge in [0.1, 0.15) is 4.83 Å². The smallest absolute Gasteiger partial charge is 0.261 e. The number of rotatable bonds is 5. The van der Waals surface area contributed by atoms with Crippen LogP contribution < -0.4 is 5.32 Å². The van der Waals surface area contributed by atoms with Crippen LogP contribution in [0.2, 0.25) is 0 Å². The molecule has 0 aliphatic heterocycles. The Morgan fingerprint density at radius 2 is 2.00 bits per heavy atom. The van der Waals surface area contributed by atoms with Gasteiger partial charge in [0.2, 0.25) is 0 Å². The number of aryl methyl sites for hydroxylation is 2. The number of hydrogen-bond acceptors (Lipinski definition) is 3. The molecule has 0 aliphatic rings. The van der Waals surface area contributed by atoms with Crippen molar-refractivity contribution in [2.24, 2.45) is 7.05 Å². The summed E-state index contributed by atoms with van der Waals surface area (Å²) < 4.78 is 1.84. The Bertz CT molecular complexity index is 858. The monoisotopic (exact) mass is 355 g/mol. The van der Waals surface area contributed by atoms with Gasteiger partial charge in [-0.05, 0) is 37.3 Å². The average Bonchev–Trinajstić information content (AvgIpc) is 3.10. The van der Waals surface area contributed by atoms with Crippen LogP contribution in [0.4, 0.5) is 0 Å². The van der Waals surface area contributed by atoms with Crippen LogP contribution >= 0.6 is 11.3 Å². The van der Waals surface area contributed by atoms with Crippen LogP contribution in [-0.4, -0.2) is 21.7 Å². The Hall–Kier alpha value is -2.14. The highest BCUT2D eigenvalue weighted by Gasteiger charge is 2.25. The second-order valence-corrected chi connectivity index (χ2v) is 8.40. The molecule has 0 saturated carbocycles. The van der Waals surface area contributed by atoms with Crippen LogP contribution in [0.25, 0.3) is 10.2 Å². The van der Waals surface area contributed by atoms with Gasteiger partial charge in [0.25, 0.3) is 5.91 Å². The number of benzene rings is 1. The van der Waals surface area contributed by atoms with Crippen LogP contribution in [0.1, 0.15) is 48.1 Å². The highest BCUT2D eigenvalue weighted by Crippen LogP contribution is 2.30. The lowest BCUT2D eigenvalue weighted by atomic mass is 9.79. The van der Waals surface area contributed by atoms with Crippen molar-refractivity contribution in [1.29, 1.82) is 0 Å². The average molecular weight is 356 g/mol. The number of hydrogen-bond donors (Lipinski definition) is 1. The molecule has 5 heteroatoms. The molecular weight excluding hydrogens is 330 g/mol. The van der Waals surface area contributed by atoms with Gasteiger partial charge >= 0.3 is 0 Å². The zero-order valence-electron chi connectivity index (χ0n) is 15.5. The largest absolute Gasteiger partial charge is 0.349 e. The molecule has 1 aromatic carbocycles. The molecule has 1 amide bonds. The molecule has 25 heavy (non-hydrogen) atoms. The maximum atomic E-state index is 12.6. The van der Waals surface area contributed by atoms with Crippen molar-refractivity contribution in [3.8, 4) is 0 Å². The maximum absolute atomic E-state index is 12.6. The van der Waals surface area contributed by atoms with Gasteiger partial charge in [-0.25, -0.2) is 0 Å². The molecule has 1 atom stereocenters. The van der Waals surface area contributed by atoms with Gasteiger partial charge in [0, 0.05) is 18.5 Å². The van der Waals surface area contributed by atoms with E-state index < -0.39 is 0 Å². The molecule has 3 rings (SSSR count). The second-order valence-electron chi connectivity index (χ2n) is 7.37. The van der Waals surface area contributed by atoms with Gasteiger partial charge in [0.05, 0.1) is 10.6 Å². The fourth-order valence-corrected chi connectivity index (χ4v) is 4.46. The van der Waals surface area contributed by atoms with Crippen molar-refractivity contribution < 1.29 is 4.79 Å². The third-order valence-corrected chi connectivity index (χ3v) is 5.87. The lowest BCUT2D eigenvalue weighted by molar-refractivity contribution is 0.0938. The summed E-state index contributed by atoms with van der Waals surface area (Å²) in [6.07, 6.45) is 0.883. The van der Waals surface area contributed by atoms with Crippen LogP contribution in [0.15, 0.2) is 36.4 Å². The van der Waals surface area contributed by atoms with E-state index in [2.05, 4.69) is 55.5 Å². The van der Waals surface area contributed by atoms with Crippen molar-refractivity contribution in [2.45, 2.75) is 45.6 Å². The standard InChI is InChI=1S/C20H25N3OS/c1-13(12-20(3,4)15-9-7-6-8-10-15)21-18(24)17-11-16-14(2)22-23(5)19(16)25-17/h6-11,13H,12H2,1-5H3,(H,21,24). The predicted octanol–water partition coefficient (Wildman–Crippen LogP) is 4.43. The van der Waals surface area contributed by atoms with Crippen molar-refractivity contribution >= 4 is 27.5 Å². The Balaban J connectivity index is 1.70. The molecule has 0 bridgehead atoms. The van der Waals surface area contributed by atoms with Gasteiger partial charge in [-0.3, -0.25) is 9.48 Å². The summed E-state index contributed by atoms with van der Waals surface area (Å²) in [7, 11) is 1.92. The minimum Gasteiger partial charge on any atom is -0.349 e. The molecule has 3 aromatic rings. The molecule has 2 heterocycles. The zero-order chi connectivity index (χ0) is 18.2. The summed E-state index contributed by atoms with van der Waals surface area (Å²) in [5.74, 6) is -0.00281. The SMILES string of the molecule is Cc1nn(C)c2sc(C(=O)NC(C)CC(C)(C)c3ccccc3)cc12. The molecule has 0 aliphatic carbocycles. The summed E-state index contributed by atoms with van der Waals surface area (Å²) in [5.41, 5.74) is 2.26. The topological polar surface area (TPSA) is 46.9 Å². The normalized spacial score (nSPS) is 13.2. The first-order valence-electron chi connectivity index (χ1n) is 8.57. The van der Waals surface area contributed by atoms with Crippen LogP contribution in [0, 0.1) is 6.92 Å². The Labute approximate surface area is 152 Å². The summed E-state index contributed by atoms with van der Waals surface area (Å²) in [6.45, 7) is 8.49. The molecule has 0 fully saturated rings. The number of amides is 1. The molecule has 0 saturated heterocycles. The molecular formula is C20H25N3OS. The van der Waals surface area contributed by atoms with Crippen molar-refractivity contribution in [2.75, 3.05) is 0 Å². The first-order chi connectivity index (χ1) is 11.8. The van der Waals surface area contributed by atoms with Crippen molar-refractivity contribution in [3.05, 3.63) is 52.5 Å². The number of fused-ring (bicyclic) bond motifs is 1. The molecule has 132 valence electrons. The van der Waals surface area contributed by atoms with E-state index in [1.54, 1.807) is 0 Å². The third kappa shape index (κ3) is 3.61. The van der Waals surface area contributed by atoms with Crippen LogP contribution in [-0.2, 0) is 12.5 Å². The number of nitrogens with one attached hydrogen (secondary N) is 1. The molecule has 4 nitrogen and oxygen atoms in total. The number of aromatic nitrogens is 2. The highest BCUT2D eigenvalue weighted by molar-refractivity contribution is 7.20. The van der Waals surface area contributed by atoms with Gasteiger partial charge < -0.3 is 5.32 Å². The lowest BCUT2D eigenvalue weighted by Gasteiger charge is -2.29. The fraction of sp³-hybridized carbons (Fsp3) is 0.400. The minimum absolute atomic E-state index is 0.00281. The number of nitrogens with zero attached hydrogens (tertiary/aromatic N) is 2. The first-order valence-corrected chi connectivity index (χ1v) is 9.39. The Kier molecular flexibility index (Phi) is 4.69. The van der Waals surface area contributed by atoms with E-state index in [1.807, 2.05) is 30.8 Å². The van der Waals surface area contributed by atoms with Gasteiger partial charge in [0.15, 0.2) is 0 Å². The quantitative estimate of drug-likeness (QED) is 0.736. The zero-order valence-corrected chi connectivity index (χ0v) is 16.3. The predicted molar refractivity (Wildman–Crippen MR) is 104 cm³/mol. The first kappa shape index (κ1) is 17.7. The number of carbonyl (C=O) groups is 1. The highest BCUT2D eigenvalue weighted by atomic mass is 32.1. The molecule has 1 N–H and O–H groups in total. The molecule has 0 radical (unpaired) electrons. The molecule has 0 spiro atoms. The Morgan fingerprint density at radius 1 is 1.32 bits per heavy atom. The Morgan fingerprint density at radius 3 is 2.64 bits per heavy atom. The molecule has 1 unspecified atom stereocenters. The summed E-state index contributed by atoms with van der Waals surface area (Å²) in [6, 6.07) is 12.5. The van der Waals surface area contributed by atoms with E-state index >= 15 is 0 Å². The summed E-state index contributed by atoms with van der Waals surface area (Å²) in [5, 5.41) is 8.61. The van der Waals surface area contributed by atoms with E-state index in [4.69, 9.17) is 0 Å². The van der Waals surface area contributed by atoms with Gasteiger partial charge in [-0.1, -0.05) is 44.2 Å². The van der Waals surface area contributed by atoms with E-state index in [-0.39, 0.29) is 17.4 Å². The van der Waals surface area contributed by atoms with Gasteiger partial charge in [-0.15, -0.1) is 11.3 Å². The maximum Gasteiger partial charge on any atom is 0.261 e. The fourth-order valence-electron chi connectivity index (χ4n) is 3.44. The number of carbonyl (C=O) groups excluding carboxylic acids is 1. The second kappa shape index (κ2) is 6.64. The van der Waals surface area contributed by atoms with E-state index in [0.717, 1.165) is 27.2 Å². The van der Waals surface area contributed by atoms with E-state index in [1.165, 1.54) is 16.9 Å². The lowest BCUT2D eigenvalue weighted by Crippen LogP contribution is -2.36. The number of thiophene rings is 1. The van der Waals surface area contributed by atoms with Crippen LogP contribution in [0.3, 0.4) is 0 Å². The summed E-state index contributed by atoms with van der Waals surface area (Å²) >= 11 is 1.50. The van der Waals surface area contributed by atoms with E-state index in [0.29, 0.717) is 0 Å². The summed E-state index contributed by atoms with van der Waals surface area (Å²) in [4.78, 5) is 14.4. The van der Waals surface area contributed by atoms with Crippen molar-refractivity contribution in [3.63, 3.8) is 0 Å². The van der Waals surface area contributed by atoms with Crippen molar-refractivity contribution in [1.82, 2.24) is 15.1 Å². The van der Waals surface area contributed by atoms with Gasteiger partial charge in [-0.2, -0.15) is 5.10 Å². The third-order valence-electron chi connectivity index (χ3n) is 4.67.